The number of phenolic OH excluding ortho intramolecular Hbond substituents is 2. The van der Waals surface area contributed by atoms with Gasteiger partial charge in [0.1, 0.15) is 34.1 Å². The molecule has 0 atom stereocenters. The van der Waals surface area contributed by atoms with Crippen LogP contribution < -0.4 is 0 Å². The van der Waals surface area contributed by atoms with Crippen molar-refractivity contribution in [1.82, 2.24) is 0 Å². The Bertz CT molecular complexity index is 4670. The van der Waals surface area contributed by atoms with Gasteiger partial charge in [-0.15, -0.1) is 0 Å². The number of hydrogen-bond acceptors (Lipinski definition) is 19. The van der Waals surface area contributed by atoms with E-state index in [0.717, 1.165) is 18.2 Å². The van der Waals surface area contributed by atoms with Gasteiger partial charge in [-0.2, -0.15) is 15.8 Å². The third-order valence-corrected chi connectivity index (χ3v) is 28.1. The number of aromatic hydroxyl groups is 2. The van der Waals surface area contributed by atoms with Crippen LogP contribution in [0.2, 0.25) is 0 Å². The quantitative estimate of drug-likeness (QED) is 0.0955. The Morgan fingerprint density at radius 1 is 0.270 bits per heavy atom. The third kappa shape index (κ3) is 48.4. The third-order valence-electron chi connectivity index (χ3n) is 12.8. The first-order valence-corrected chi connectivity index (χ1v) is 49.2. The lowest BCUT2D eigenvalue weighted by Crippen LogP contribution is -2.15. The van der Waals surface area contributed by atoms with Crippen molar-refractivity contribution in [2.24, 2.45) is 0 Å². The van der Waals surface area contributed by atoms with E-state index in [-0.39, 0.29) is 51.3 Å². The minimum atomic E-state index is -3.36. The van der Waals surface area contributed by atoms with Crippen LogP contribution >= 0.6 is 0 Å². The summed E-state index contributed by atoms with van der Waals surface area (Å²) < 4.78 is 188. The SMILES string of the molecule is CC(C)S(=O)(=O)c1ccc(C#N)cc1.CC(C)S(=O)(=O)c1ccc(F)cc1.CC(C)S(=O)(=O)c1cccc(C#N)c1.CC(C)S(=O)(=O)c1cccc(F)c1.CC(C)S(=O)(=O)c1cccc(O)c1.CC(C)S(=O)(=O)c1ccccc1C#N.CC(C)S(=O)(=O)c1ccccc1O.CCC.CCC.CCC.CCC.CCC.CCC.CCC. The Kier molecular flexibility index (Phi) is 67.2. The zero-order valence-electron chi connectivity index (χ0n) is 73.2. The van der Waals surface area contributed by atoms with Crippen molar-refractivity contribution in [3.05, 3.63) is 198 Å². The number of rotatable bonds is 14. The Hall–Kier alpha value is -7.88. The van der Waals surface area contributed by atoms with Gasteiger partial charge in [-0.05, 0) is 224 Å². The standard InChI is InChI=1S/3C10H11NO2S.2C9H11FO2S.2C9H12O3S.7C3H8/c1-8(2)14(12,13)10-5-3-9(7-11)4-6-10;1-8(2)14(12,13)10-5-3-4-9(6-10)7-11;1-8(2)14(12,13)10-6-4-3-5-9(10)7-11;1-7(2)13(11,12)9-5-3-8(10)4-6-9;2*1-7(2)13(11,12)9-5-3-4-8(10)6-9;1-7(2)13(11,12)9-6-4-3-5-8(9)10;7*1-3-2/h3*3-6,8H,1-2H3;2*3-7H,1-2H3;2*3-7,10H,1-2H3;7*3H2,1-2H3. The molecule has 7 aromatic rings. The van der Waals surface area contributed by atoms with Crippen LogP contribution in [0.5, 0.6) is 11.5 Å². The largest absolute Gasteiger partial charge is 0.508 e. The number of sulfone groups is 7. The summed E-state index contributed by atoms with van der Waals surface area (Å²) in [5.74, 6) is -1.16. The minimum Gasteiger partial charge on any atom is -0.508 e. The van der Waals surface area contributed by atoms with Crippen LogP contribution in [0.25, 0.3) is 0 Å². The number of benzene rings is 7. The number of halogens is 2. The number of para-hydroxylation sites is 1. The maximum Gasteiger partial charge on any atom is 0.184 e. The molecule has 0 aliphatic heterocycles. The lowest BCUT2D eigenvalue weighted by molar-refractivity contribution is 0.458. The van der Waals surface area contributed by atoms with Crippen LogP contribution in [0.1, 0.15) is 256 Å². The predicted molar refractivity (Wildman–Crippen MR) is 470 cm³/mol. The first-order valence-electron chi connectivity index (χ1n) is 38.4. The van der Waals surface area contributed by atoms with Gasteiger partial charge in [-0.25, -0.2) is 67.7 Å². The Morgan fingerprint density at radius 3 is 0.843 bits per heavy atom. The summed E-state index contributed by atoms with van der Waals surface area (Å²) in [6, 6.07) is 45.6. The fraction of sp³-hybridized carbons (Fsp3) is 0.483. The zero-order chi connectivity index (χ0) is 91.5. The Labute approximate surface area is 695 Å². The molecule has 0 unspecified atom stereocenters. The fourth-order valence-electron chi connectivity index (χ4n) is 6.76. The number of hydrogen-bond donors (Lipinski definition) is 2. The van der Waals surface area contributed by atoms with Crippen molar-refractivity contribution in [2.75, 3.05) is 0 Å². The maximum atomic E-state index is 12.7. The van der Waals surface area contributed by atoms with Gasteiger partial charge in [0.2, 0.25) is 0 Å². The molecule has 28 heteroatoms. The monoisotopic (exact) mass is 1740 g/mol. The summed E-state index contributed by atoms with van der Waals surface area (Å²) in [6.07, 6.45) is 8.75. The summed E-state index contributed by atoms with van der Waals surface area (Å²) in [4.78, 5) is 0.995. The molecule has 0 aromatic heterocycles. The molecule has 0 heterocycles. The summed E-state index contributed by atoms with van der Waals surface area (Å²) in [5, 5.41) is 41.0. The fourth-order valence-corrected chi connectivity index (χ4v) is 14.5. The number of nitrogens with zero attached hydrogens (tertiary/aromatic N) is 3. The highest BCUT2D eigenvalue weighted by Gasteiger charge is 2.25. The average molecular weight is 1740 g/mol. The molecule has 115 heavy (non-hydrogen) atoms. The van der Waals surface area contributed by atoms with E-state index in [2.05, 4.69) is 96.9 Å². The van der Waals surface area contributed by atoms with Crippen LogP contribution in [0, 0.1) is 45.6 Å². The van der Waals surface area contributed by atoms with Gasteiger partial charge < -0.3 is 10.2 Å². The summed E-state index contributed by atoms with van der Waals surface area (Å²) in [7, 11) is -23.0. The molecule has 0 aliphatic carbocycles. The second-order valence-electron chi connectivity index (χ2n) is 26.9. The highest BCUT2D eigenvalue weighted by atomic mass is 32.2. The van der Waals surface area contributed by atoms with Gasteiger partial charge in [0.15, 0.2) is 68.9 Å². The van der Waals surface area contributed by atoms with Crippen molar-refractivity contribution in [3.8, 4) is 29.7 Å². The van der Waals surface area contributed by atoms with Crippen molar-refractivity contribution in [2.45, 2.75) is 310 Å². The van der Waals surface area contributed by atoms with Crippen molar-refractivity contribution in [3.63, 3.8) is 0 Å². The Balaban J connectivity index is -0.000000227. The van der Waals surface area contributed by atoms with Gasteiger partial charge in [-0.1, -0.05) is 184 Å². The van der Waals surface area contributed by atoms with Crippen LogP contribution in [-0.2, 0) is 68.9 Å². The molecule has 2 N–H and O–H groups in total. The molecule has 0 spiro atoms. The topological polar surface area (TPSA) is 351 Å². The zero-order valence-corrected chi connectivity index (χ0v) is 78.9. The molecule has 0 saturated heterocycles. The van der Waals surface area contributed by atoms with Crippen molar-refractivity contribution in [1.29, 1.82) is 15.8 Å². The normalized spacial score (nSPS) is 10.6. The van der Waals surface area contributed by atoms with Gasteiger partial charge in [0.25, 0.3) is 0 Å². The lowest BCUT2D eigenvalue weighted by Gasteiger charge is -2.08. The summed E-state index contributed by atoms with van der Waals surface area (Å²) in [5.41, 5.74) is 1.04. The van der Waals surface area contributed by atoms with Gasteiger partial charge >= 0.3 is 0 Å². The summed E-state index contributed by atoms with van der Waals surface area (Å²) >= 11 is 0. The van der Waals surface area contributed by atoms with E-state index in [1.807, 2.05) is 18.2 Å². The molecule has 7 aromatic carbocycles. The van der Waals surface area contributed by atoms with Crippen molar-refractivity contribution < 1.29 is 77.9 Å². The molecular formula is C87H135F2N3O16S7. The molecule has 0 fully saturated rings. The van der Waals surface area contributed by atoms with E-state index < -0.39 is 117 Å². The van der Waals surface area contributed by atoms with Crippen molar-refractivity contribution >= 4 is 68.9 Å². The molecule has 0 bridgehead atoms. The number of nitriles is 3. The second kappa shape index (κ2) is 64.2. The highest BCUT2D eigenvalue weighted by Crippen LogP contribution is 2.26. The van der Waals surface area contributed by atoms with Crippen LogP contribution in [0.15, 0.2) is 204 Å². The molecule has 0 radical (unpaired) electrons. The summed E-state index contributed by atoms with van der Waals surface area (Å²) in [6.45, 7) is 52.2. The maximum absolute atomic E-state index is 12.7. The van der Waals surface area contributed by atoms with E-state index in [4.69, 9.17) is 20.9 Å². The molecule has 19 nitrogen and oxygen atoms in total. The Morgan fingerprint density at radius 2 is 0.539 bits per heavy atom. The van der Waals surface area contributed by atoms with Crippen LogP contribution in [0.3, 0.4) is 0 Å². The average Bonchev–Trinajstić information content (AvgIpc) is 0.825. The van der Waals surface area contributed by atoms with Gasteiger partial charge in [0, 0.05) is 0 Å². The molecule has 0 saturated carbocycles. The van der Waals surface area contributed by atoms with E-state index in [1.165, 1.54) is 160 Å². The molecule has 650 valence electrons. The van der Waals surface area contributed by atoms with Crippen LogP contribution in [-0.4, -0.2) is 106 Å². The van der Waals surface area contributed by atoms with E-state index in [9.17, 15) is 72.8 Å². The van der Waals surface area contributed by atoms with E-state index in [1.54, 1.807) is 133 Å². The highest BCUT2D eigenvalue weighted by molar-refractivity contribution is 7.93. The molecule has 0 amide bonds. The smallest absolute Gasteiger partial charge is 0.184 e. The predicted octanol–water partition coefficient (Wildman–Crippen LogP) is 22.3. The second-order valence-corrected chi connectivity index (χ2v) is 44.3. The van der Waals surface area contributed by atoms with Crippen LogP contribution in [0.4, 0.5) is 8.78 Å². The van der Waals surface area contributed by atoms with Gasteiger partial charge in [0.05, 0.1) is 95.0 Å². The molecule has 0 aliphatic rings. The minimum absolute atomic E-state index is 0.00463. The number of phenols is 2. The first-order chi connectivity index (χ1) is 53.1. The lowest BCUT2D eigenvalue weighted by atomic mass is 10.2. The van der Waals surface area contributed by atoms with E-state index in [0.29, 0.717) is 11.1 Å². The molecular weight excluding hydrogens is 1610 g/mol. The first kappa shape index (κ1) is 120. The molecule has 7 rings (SSSR count). The van der Waals surface area contributed by atoms with E-state index >= 15 is 0 Å². The van der Waals surface area contributed by atoms with Gasteiger partial charge in [-0.3, -0.25) is 0 Å².